The number of H-pyrrole nitrogens is 2. The molecule has 0 saturated carbocycles. The number of hydrogen-bond donors (Lipinski definition) is 4. The molecular formula is C16H10N6O4S. The molecule has 11 heteroatoms. The van der Waals surface area contributed by atoms with Gasteiger partial charge in [0.2, 0.25) is 0 Å². The van der Waals surface area contributed by atoms with E-state index in [1.54, 1.807) is 18.2 Å². The Kier molecular flexibility index (Phi) is 3.59. The standard InChI is InChI=1S/C16H10N6O4S/c17-12-10-7(13(24)18-14(10)25)5-9(23)22(12)8-4-2-1-3-6(8)11-15(26)19-16(27)21-20-11/h1-5H,17H2,(H,18,24,25)(H2,19,21,26,27). The van der Waals surface area contributed by atoms with Crippen molar-refractivity contribution in [3.05, 3.63) is 66.9 Å². The number of carbonyl (C=O) groups is 2. The maximum atomic E-state index is 12.6. The van der Waals surface area contributed by atoms with Gasteiger partial charge in [0.1, 0.15) is 5.82 Å². The number of fused-ring (bicyclic) bond motifs is 1. The maximum absolute atomic E-state index is 12.6. The molecular weight excluding hydrogens is 372 g/mol. The number of nitrogens with one attached hydrogen (secondary N) is 3. The maximum Gasteiger partial charge on any atom is 0.278 e. The normalized spacial score (nSPS) is 12.7. The first kappa shape index (κ1) is 16.6. The van der Waals surface area contributed by atoms with Crippen molar-refractivity contribution < 1.29 is 9.59 Å². The average molecular weight is 382 g/mol. The van der Waals surface area contributed by atoms with Crippen LogP contribution in [0.25, 0.3) is 16.9 Å². The van der Waals surface area contributed by atoms with Crippen molar-refractivity contribution in [1.82, 2.24) is 25.1 Å². The minimum absolute atomic E-state index is 0.0217. The Morgan fingerprint density at radius 2 is 1.78 bits per heavy atom. The third-order valence-corrected chi connectivity index (χ3v) is 4.26. The van der Waals surface area contributed by atoms with Gasteiger partial charge < -0.3 is 5.73 Å². The predicted molar refractivity (Wildman–Crippen MR) is 97.3 cm³/mol. The third-order valence-electron chi connectivity index (χ3n) is 4.06. The van der Waals surface area contributed by atoms with E-state index in [4.69, 9.17) is 18.0 Å². The number of hydrogen-bond acceptors (Lipinski definition) is 7. The molecule has 3 heterocycles. The van der Waals surface area contributed by atoms with Gasteiger partial charge in [-0.25, -0.2) is 0 Å². The summed E-state index contributed by atoms with van der Waals surface area (Å²) in [4.78, 5) is 51.1. The summed E-state index contributed by atoms with van der Waals surface area (Å²) in [6.07, 6.45) is 0. The van der Waals surface area contributed by atoms with Crippen LogP contribution in [0, 0.1) is 4.77 Å². The molecule has 2 aromatic heterocycles. The van der Waals surface area contributed by atoms with Crippen molar-refractivity contribution in [1.29, 1.82) is 0 Å². The van der Waals surface area contributed by atoms with Gasteiger partial charge in [-0.2, -0.15) is 5.10 Å². The van der Waals surface area contributed by atoms with Crippen LogP contribution in [0.3, 0.4) is 0 Å². The monoisotopic (exact) mass is 382 g/mol. The number of carbonyl (C=O) groups excluding carboxylic acids is 2. The van der Waals surface area contributed by atoms with E-state index in [0.717, 1.165) is 10.6 Å². The lowest BCUT2D eigenvalue weighted by molar-refractivity contribution is 0.0880. The van der Waals surface area contributed by atoms with Gasteiger partial charge in [0, 0.05) is 11.6 Å². The number of nitrogen functional groups attached to an aromatic ring is 1. The van der Waals surface area contributed by atoms with Gasteiger partial charge in [0.25, 0.3) is 22.9 Å². The number of rotatable bonds is 2. The molecule has 0 spiro atoms. The molecule has 5 N–H and O–H groups in total. The van der Waals surface area contributed by atoms with E-state index in [0.29, 0.717) is 0 Å². The molecule has 0 fully saturated rings. The van der Waals surface area contributed by atoms with Crippen molar-refractivity contribution in [2.24, 2.45) is 0 Å². The minimum atomic E-state index is -0.696. The largest absolute Gasteiger partial charge is 0.384 e. The number of aromatic amines is 2. The molecule has 0 aliphatic carbocycles. The Morgan fingerprint density at radius 3 is 2.52 bits per heavy atom. The van der Waals surface area contributed by atoms with Crippen LogP contribution in [-0.4, -0.2) is 31.6 Å². The van der Waals surface area contributed by atoms with Crippen LogP contribution in [0.1, 0.15) is 20.7 Å². The zero-order chi connectivity index (χ0) is 19.3. The second-order valence-corrected chi connectivity index (χ2v) is 6.06. The molecule has 10 nitrogen and oxygen atoms in total. The highest BCUT2D eigenvalue weighted by atomic mass is 32.1. The summed E-state index contributed by atoms with van der Waals surface area (Å²) in [5.41, 5.74) is 5.15. The Morgan fingerprint density at radius 1 is 1.04 bits per heavy atom. The topological polar surface area (TPSA) is 156 Å². The summed E-state index contributed by atoms with van der Waals surface area (Å²) < 4.78 is 1.10. The summed E-state index contributed by atoms with van der Waals surface area (Å²) in [6, 6.07) is 7.40. The fourth-order valence-corrected chi connectivity index (χ4v) is 3.07. The van der Waals surface area contributed by atoms with Crippen LogP contribution in [0.2, 0.25) is 0 Å². The fraction of sp³-hybridized carbons (Fsp3) is 0. The number of pyridine rings is 1. The van der Waals surface area contributed by atoms with Crippen LogP contribution in [0.4, 0.5) is 5.82 Å². The first-order chi connectivity index (χ1) is 12.9. The van der Waals surface area contributed by atoms with Crippen LogP contribution in [-0.2, 0) is 0 Å². The van der Waals surface area contributed by atoms with Crippen LogP contribution < -0.4 is 22.2 Å². The minimum Gasteiger partial charge on any atom is -0.384 e. The summed E-state index contributed by atoms with van der Waals surface area (Å²) in [5.74, 6) is -1.60. The number of aromatic nitrogens is 4. The van der Waals surface area contributed by atoms with Gasteiger partial charge in [-0.15, -0.1) is 0 Å². The van der Waals surface area contributed by atoms with Crippen LogP contribution in [0.5, 0.6) is 0 Å². The van der Waals surface area contributed by atoms with Crippen molar-refractivity contribution in [3.63, 3.8) is 0 Å². The van der Waals surface area contributed by atoms with Gasteiger partial charge in [-0.05, 0) is 18.3 Å². The molecule has 27 heavy (non-hydrogen) atoms. The number of amides is 2. The lowest BCUT2D eigenvalue weighted by Crippen LogP contribution is -2.25. The zero-order valence-electron chi connectivity index (χ0n) is 13.4. The van der Waals surface area contributed by atoms with E-state index in [-0.39, 0.29) is 38.7 Å². The fourth-order valence-electron chi connectivity index (χ4n) is 2.93. The van der Waals surface area contributed by atoms with Gasteiger partial charge in [0.15, 0.2) is 10.5 Å². The lowest BCUT2D eigenvalue weighted by atomic mass is 10.1. The highest BCUT2D eigenvalue weighted by Gasteiger charge is 2.32. The molecule has 0 unspecified atom stereocenters. The van der Waals surface area contributed by atoms with Crippen molar-refractivity contribution in [3.8, 4) is 16.9 Å². The molecule has 0 atom stereocenters. The number of benzene rings is 1. The Bertz CT molecular complexity index is 1320. The smallest absolute Gasteiger partial charge is 0.278 e. The Balaban J connectivity index is 2.05. The summed E-state index contributed by atoms with van der Waals surface area (Å²) >= 11 is 4.83. The second kappa shape index (κ2) is 5.85. The quantitative estimate of drug-likeness (QED) is 0.362. The molecule has 1 aromatic carbocycles. The number of nitrogens with zero attached hydrogens (tertiary/aromatic N) is 2. The van der Waals surface area contributed by atoms with E-state index in [1.165, 1.54) is 6.07 Å². The van der Waals surface area contributed by atoms with Crippen molar-refractivity contribution in [2.75, 3.05) is 5.73 Å². The molecule has 0 bridgehead atoms. The van der Waals surface area contributed by atoms with Crippen LogP contribution >= 0.6 is 12.2 Å². The van der Waals surface area contributed by atoms with Gasteiger partial charge >= 0.3 is 0 Å². The highest BCUT2D eigenvalue weighted by Crippen LogP contribution is 2.27. The third kappa shape index (κ3) is 2.48. The highest BCUT2D eigenvalue weighted by molar-refractivity contribution is 7.71. The molecule has 0 saturated heterocycles. The molecule has 0 radical (unpaired) electrons. The zero-order valence-corrected chi connectivity index (χ0v) is 14.2. The van der Waals surface area contributed by atoms with E-state index in [2.05, 4.69) is 20.5 Å². The second-order valence-electron chi connectivity index (χ2n) is 5.65. The Labute approximate surface area is 154 Å². The molecule has 134 valence electrons. The first-order valence-electron chi connectivity index (χ1n) is 7.58. The number of para-hydroxylation sites is 1. The van der Waals surface area contributed by atoms with E-state index in [9.17, 15) is 19.2 Å². The molecule has 1 aliphatic heterocycles. The number of anilines is 1. The summed E-state index contributed by atoms with van der Waals surface area (Å²) in [7, 11) is 0. The van der Waals surface area contributed by atoms with E-state index >= 15 is 0 Å². The van der Waals surface area contributed by atoms with E-state index < -0.39 is 22.9 Å². The van der Waals surface area contributed by atoms with E-state index in [1.807, 2.05) is 0 Å². The van der Waals surface area contributed by atoms with Crippen molar-refractivity contribution >= 4 is 29.9 Å². The summed E-state index contributed by atoms with van der Waals surface area (Å²) in [5, 5.41) is 8.51. The van der Waals surface area contributed by atoms with Gasteiger partial charge in [-0.1, -0.05) is 18.2 Å². The van der Waals surface area contributed by atoms with Crippen molar-refractivity contribution in [2.45, 2.75) is 0 Å². The predicted octanol–water partition coefficient (Wildman–Crippen LogP) is 0.111. The van der Waals surface area contributed by atoms with Gasteiger partial charge in [0.05, 0.1) is 16.8 Å². The molecule has 3 aromatic rings. The average Bonchev–Trinajstić information content (AvgIpc) is 2.89. The lowest BCUT2D eigenvalue weighted by Gasteiger charge is -2.15. The number of nitrogens with two attached hydrogens (primary N) is 1. The SMILES string of the molecule is Nc1c2c(cc(=O)n1-c1ccccc1-c1n[nH]c(=S)[nH]c1=O)C(=O)NC2=O. The molecule has 2 amide bonds. The number of imide groups is 1. The van der Waals surface area contributed by atoms with Crippen LogP contribution in [0.15, 0.2) is 39.9 Å². The summed E-state index contributed by atoms with van der Waals surface area (Å²) in [6.45, 7) is 0. The van der Waals surface area contributed by atoms with Gasteiger partial charge in [-0.3, -0.25) is 39.1 Å². The Hall–Kier alpha value is -3.86. The first-order valence-corrected chi connectivity index (χ1v) is 7.99. The molecule has 4 rings (SSSR count). The molecule has 1 aliphatic rings.